The molecule has 6 heteroatoms. The monoisotopic (exact) mass is 406 g/mol. The van der Waals surface area contributed by atoms with E-state index < -0.39 is 12.1 Å². The predicted molar refractivity (Wildman–Crippen MR) is 116 cm³/mol. The van der Waals surface area contributed by atoms with Crippen molar-refractivity contribution in [1.29, 1.82) is 0 Å². The van der Waals surface area contributed by atoms with E-state index in [1.54, 1.807) is 17.4 Å². The number of carboxylic acid groups (broad SMARTS) is 1. The van der Waals surface area contributed by atoms with Gasteiger partial charge >= 0.3 is 5.97 Å². The van der Waals surface area contributed by atoms with Gasteiger partial charge in [-0.2, -0.15) is 11.3 Å². The third-order valence-electron chi connectivity index (χ3n) is 4.80. The number of rotatable bonds is 7. The summed E-state index contributed by atoms with van der Waals surface area (Å²) in [5.41, 5.74) is 4.95. The zero-order valence-electron chi connectivity index (χ0n) is 16.3. The van der Waals surface area contributed by atoms with E-state index in [1.165, 1.54) is 5.56 Å². The van der Waals surface area contributed by atoms with Crippen LogP contribution >= 0.6 is 11.3 Å². The second-order valence-electron chi connectivity index (χ2n) is 7.00. The van der Waals surface area contributed by atoms with Gasteiger partial charge in [0.05, 0.1) is 11.0 Å². The lowest BCUT2D eigenvalue weighted by molar-refractivity contribution is -0.145. The number of ether oxygens (including phenoxy) is 1. The minimum absolute atomic E-state index is 0.463. The zero-order chi connectivity index (χ0) is 20.4. The summed E-state index contributed by atoms with van der Waals surface area (Å²) in [6.45, 7) is 4.00. The number of aromatic nitrogens is 2. The van der Waals surface area contributed by atoms with Gasteiger partial charge in [0.1, 0.15) is 11.6 Å². The van der Waals surface area contributed by atoms with Crippen molar-refractivity contribution in [3.63, 3.8) is 0 Å². The number of imidazole rings is 1. The fourth-order valence-electron chi connectivity index (χ4n) is 3.33. The first-order valence-corrected chi connectivity index (χ1v) is 10.5. The van der Waals surface area contributed by atoms with Gasteiger partial charge in [-0.15, -0.1) is 0 Å². The van der Waals surface area contributed by atoms with Crippen molar-refractivity contribution < 1.29 is 14.6 Å². The maximum Gasteiger partial charge on any atom is 0.344 e. The van der Waals surface area contributed by atoms with Crippen LogP contribution in [0.15, 0.2) is 59.3 Å². The van der Waals surface area contributed by atoms with Crippen LogP contribution in [-0.4, -0.2) is 26.7 Å². The molecule has 0 bridgehead atoms. The van der Waals surface area contributed by atoms with Crippen LogP contribution in [0.4, 0.5) is 0 Å². The maximum absolute atomic E-state index is 11.5. The van der Waals surface area contributed by atoms with Gasteiger partial charge in [0.25, 0.3) is 0 Å². The SMILES string of the molecule is CCCC(Oc1ccc2nc(-c3ccsc3)n(-c3ccc(C)cc3)c2c1)C(=O)O. The van der Waals surface area contributed by atoms with Crippen LogP contribution in [0, 0.1) is 6.92 Å². The summed E-state index contributed by atoms with van der Waals surface area (Å²) in [7, 11) is 0. The molecule has 148 valence electrons. The minimum Gasteiger partial charge on any atom is -0.479 e. The number of fused-ring (bicyclic) bond motifs is 1. The molecular weight excluding hydrogens is 384 g/mol. The third-order valence-corrected chi connectivity index (χ3v) is 5.49. The quantitative estimate of drug-likeness (QED) is 0.428. The normalized spacial score (nSPS) is 12.2. The van der Waals surface area contributed by atoms with Gasteiger partial charge in [-0.1, -0.05) is 31.0 Å². The molecule has 29 heavy (non-hydrogen) atoms. The fourth-order valence-corrected chi connectivity index (χ4v) is 3.96. The molecule has 1 unspecified atom stereocenters. The van der Waals surface area contributed by atoms with Crippen molar-refractivity contribution >= 4 is 28.3 Å². The van der Waals surface area contributed by atoms with E-state index >= 15 is 0 Å². The first kappa shape index (κ1) is 19.2. The second kappa shape index (κ2) is 8.09. The summed E-state index contributed by atoms with van der Waals surface area (Å²) < 4.78 is 7.89. The Morgan fingerprint density at radius 3 is 2.66 bits per heavy atom. The number of aliphatic carboxylic acids is 1. The van der Waals surface area contributed by atoms with E-state index in [-0.39, 0.29) is 0 Å². The average molecular weight is 407 g/mol. The lowest BCUT2D eigenvalue weighted by Gasteiger charge is -2.15. The lowest BCUT2D eigenvalue weighted by Crippen LogP contribution is -2.26. The molecule has 0 spiro atoms. The molecule has 4 rings (SSSR count). The van der Waals surface area contributed by atoms with Gasteiger partial charge in [-0.3, -0.25) is 4.57 Å². The van der Waals surface area contributed by atoms with E-state index in [9.17, 15) is 9.90 Å². The average Bonchev–Trinajstić information content (AvgIpc) is 3.35. The first-order valence-electron chi connectivity index (χ1n) is 9.58. The molecule has 5 nitrogen and oxygen atoms in total. The molecule has 0 saturated carbocycles. The summed E-state index contributed by atoms with van der Waals surface area (Å²) >= 11 is 1.63. The standard InChI is InChI=1S/C23H22N2O3S/c1-3-4-21(23(26)27)28-18-9-10-19-20(13-18)25(17-7-5-15(2)6-8-17)22(24-19)16-11-12-29-14-16/h5-14,21H,3-4H2,1-2H3,(H,26,27). The molecule has 0 aliphatic rings. The van der Waals surface area contributed by atoms with Gasteiger partial charge in [-0.25, -0.2) is 9.78 Å². The molecule has 4 aromatic rings. The molecule has 2 aromatic carbocycles. The molecule has 0 radical (unpaired) electrons. The molecule has 0 aliphatic carbocycles. The largest absolute Gasteiger partial charge is 0.479 e. The topological polar surface area (TPSA) is 64.4 Å². The Hall–Kier alpha value is -3.12. The smallest absolute Gasteiger partial charge is 0.344 e. The second-order valence-corrected chi connectivity index (χ2v) is 7.78. The zero-order valence-corrected chi connectivity index (χ0v) is 17.1. The van der Waals surface area contributed by atoms with Crippen molar-refractivity contribution in [1.82, 2.24) is 9.55 Å². The van der Waals surface area contributed by atoms with Crippen LogP contribution in [0.3, 0.4) is 0 Å². The summed E-state index contributed by atoms with van der Waals surface area (Å²) in [6.07, 6.45) is 0.345. The highest BCUT2D eigenvalue weighted by molar-refractivity contribution is 7.08. The Bertz CT molecular complexity index is 1130. The Balaban J connectivity index is 1.85. The Morgan fingerprint density at radius 1 is 1.21 bits per heavy atom. The van der Waals surface area contributed by atoms with E-state index in [0.717, 1.165) is 34.5 Å². The number of nitrogens with zero attached hydrogens (tertiary/aromatic N) is 2. The van der Waals surface area contributed by atoms with Crippen molar-refractivity contribution in [3.8, 4) is 22.8 Å². The lowest BCUT2D eigenvalue weighted by atomic mass is 10.2. The van der Waals surface area contributed by atoms with Crippen LogP contribution in [0.25, 0.3) is 28.1 Å². The van der Waals surface area contributed by atoms with Crippen molar-refractivity contribution in [2.75, 3.05) is 0 Å². The summed E-state index contributed by atoms with van der Waals surface area (Å²) in [4.78, 5) is 16.3. The van der Waals surface area contributed by atoms with Crippen LogP contribution in [-0.2, 0) is 4.79 Å². The molecule has 0 fully saturated rings. The number of benzene rings is 2. The predicted octanol–water partition coefficient (Wildman–Crippen LogP) is 5.69. The molecule has 0 saturated heterocycles. The molecule has 2 aromatic heterocycles. The number of carbonyl (C=O) groups is 1. The van der Waals surface area contributed by atoms with Crippen molar-refractivity contribution in [2.45, 2.75) is 32.8 Å². The highest BCUT2D eigenvalue weighted by atomic mass is 32.1. The van der Waals surface area contributed by atoms with E-state index in [0.29, 0.717) is 12.2 Å². The molecular formula is C23H22N2O3S. The maximum atomic E-state index is 11.5. The number of thiophene rings is 1. The van der Waals surface area contributed by atoms with Crippen LogP contribution < -0.4 is 4.74 Å². The van der Waals surface area contributed by atoms with Crippen LogP contribution in [0.2, 0.25) is 0 Å². The van der Waals surface area contributed by atoms with Gasteiger partial charge in [0, 0.05) is 22.7 Å². The summed E-state index contributed by atoms with van der Waals surface area (Å²) in [5, 5.41) is 13.5. The van der Waals surface area contributed by atoms with Crippen LogP contribution in [0.1, 0.15) is 25.3 Å². The molecule has 0 aliphatic heterocycles. The number of carboxylic acids is 1. The van der Waals surface area contributed by atoms with Crippen LogP contribution in [0.5, 0.6) is 5.75 Å². The first-order chi connectivity index (χ1) is 14.1. The van der Waals surface area contributed by atoms with Gasteiger partial charge in [0.15, 0.2) is 6.10 Å². The Morgan fingerprint density at radius 2 is 2.00 bits per heavy atom. The highest BCUT2D eigenvalue weighted by Crippen LogP contribution is 2.32. The molecule has 0 amide bonds. The number of hydrogen-bond donors (Lipinski definition) is 1. The number of aryl methyl sites for hydroxylation is 1. The van der Waals surface area contributed by atoms with Crippen molar-refractivity contribution in [2.24, 2.45) is 0 Å². The summed E-state index contributed by atoms with van der Waals surface area (Å²) in [6, 6.07) is 15.9. The van der Waals surface area contributed by atoms with E-state index in [2.05, 4.69) is 47.2 Å². The molecule has 1 N–H and O–H groups in total. The highest BCUT2D eigenvalue weighted by Gasteiger charge is 2.20. The van der Waals surface area contributed by atoms with Gasteiger partial charge in [-0.05, 0) is 49.1 Å². The van der Waals surface area contributed by atoms with Gasteiger partial charge < -0.3 is 9.84 Å². The molecule has 2 heterocycles. The van der Waals surface area contributed by atoms with E-state index in [1.807, 2.05) is 24.4 Å². The van der Waals surface area contributed by atoms with Crippen molar-refractivity contribution in [3.05, 3.63) is 64.9 Å². The Kier molecular flexibility index (Phi) is 5.36. The number of hydrogen-bond acceptors (Lipinski definition) is 4. The Labute approximate surface area is 173 Å². The molecule has 1 atom stereocenters. The van der Waals surface area contributed by atoms with E-state index in [4.69, 9.17) is 9.72 Å². The fraction of sp³-hybridized carbons (Fsp3) is 0.217. The summed E-state index contributed by atoms with van der Waals surface area (Å²) in [5.74, 6) is 0.437. The third kappa shape index (κ3) is 3.89. The minimum atomic E-state index is -0.946. The van der Waals surface area contributed by atoms with Gasteiger partial charge in [0.2, 0.25) is 0 Å².